The molecule has 5 nitrogen and oxygen atoms in total. The summed E-state index contributed by atoms with van der Waals surface area (Å²) in [5.41, 5.74) is 5.61. The third-order valence-electron chi connectivity index (χ3n) is 4.20. The Labute approximate surface area is 122 Å². The van der Waals surface area contributed by atoms with Crippen LogP contribution in [-0.4, -0.2) is 49.9 Å². The van der Waals surface area contributed by atoms with Gasteiger partial charge in [-0.3, -0.25) is 4.79 Å². The molecule has 0 aliphatic carbocycles. The van der Waals surface area contributed by atoms with E-state index in [1.807, 2.05) is 6.92 Å². The van der Waals surface area contributed by atoms with Gasteiger partial charge in [0.15, 0.2) is 9.84 Å². The maximum absolute atomic E-state index is 12.3. The SMILES string of the molecule is CC(C)C(CCN)CCC(=O)N1CCS(=O)(=O)CC1C. The fraction of sp³-hybridized carbons (Fsp3) is 0.929. The van der Waals surface area contributed by atoms with Gasteiger partial charge in [-0.15, -0.1) is 0 Å². The second-order valence-electron chi connectivity index (χ2n) is 6.17. The Kier molecular flexibility index (Phi) is 6.45. The summed E-state index contributed by atoms with van der Waals surface area (Å²) in [6, 6.07) is -0.201. The van der Waals surface area contributed by atoms with Gasteiger partial charge in [-0.2, -0.15) is 0 Å². The van der Waals surface area contributed by atoms with Crippen LogP contribution in [0.3, 0.4) is 0 Å². The zero-order valence-electron chi connectivity index (χ0n) is 12.8. The first-order valence-electron chi connectivity index (χ1n) is 7.46. The van der Waals surface area contributed by atoms with Crippen LogP contribution in [0.4, 0.5) is 0 Å². The van der Waals surface area contributed by atoms with E-state index in [2.05, 4.69) is 13.8 Å². The van der Waals surface area contributed by atoms with E-state index in [0.717, 1.165) is 12.8 Å². The monoisotopic (exact) mass is 304 g/mol. The van der Waals surface area contributed by atoms with Crippen LogP contribution in [0.5, 0.6) is 0 Å². The summed E-state index contributed by atoms with van der Waals surface area (Å²) in [6.07, 6.45) is 2.27. The van der Waals surface area contributed by atoms with Crippen molar-refractivity contribution >= 4 is 15.7 Å². The Bertz CT molecular complexity index is 420. The Morgan fingerprint density at radius 1 is 1.35 bits per heavy atom. The molecule has 0 aromatic heterocycles. The second kappa shape index (κ2) is 7.41. The molecule has 0 spiro atoms. The minimum atomic E-state index is -2.96. The topological polar surface area (TPSA) is 80.5 Å². The van der Waals surface area contributed by atoms with Crippen molar-refractivity contribution in [3.8, 4) is 0 Å². The number of carbonyl (C=O) groups excluding carboxylic acids is 1. The van der Waals surface area contributed by atoms with Crippen molar-refractivity contribution in [3.63, 3.8) is 0 Å². The van der Waals surface area contributed by atoms with Gasteiger partial charge in [0.25, 0.3) is 0 Å². The summed E-state index contributed by atoms with van der Waals surface area (Å²) < 4.78 is 23.0. The van der Waals surface area contributed by atoms with E-state index in [1.165, 1.54) is 0 Å². The third kappa shape index (κ3) is 5.05. The summed E-state index contributed by atoms with van der Waals surface area (Å²) in [5, 5.41) is 0. The normalized spacial score (nSPS) is 23.9. The van der Waals surface area contributed by atoms with Crippen LogP contribution >= 0.6 is 0 Å². The second-order valence-corrected chi connectivity index (χ2v) is 8.40. The lowest BCUT2D eigenvalue weighted by Gasteiger charge is -2.33. The molecule has 118 valence electrons. The van der Waals surface area contributed by atoms with Gasteiger partial charge < -0.3 is 10.6 Å². The molecule has 0 radical (unpaired) electrons. The molecule has 1 amide bonds. The minimum Gasteiger partial charge on any atom is -0.338 e. The lowest BCUT2D eigenvalue weighted by Crippen LogP contribution is -2.49. The van der Waals surface area contributed by atoms with Gasteiger partial charge in [0.2, 0.25) is 5.91 Å². The smallest absolute Gasteiger partial charge is 0.222 e. The highest BCUT2D eigenvalue weighted by molar-refractivity contribution is 7.91. The van der Waals surface area contributed by atoms with Gasteiger partial charge in [-0.05, 0) is 38.1 Å². The van der Waals surface area contributed by atoms with Gasteiger partial charge in [0.1, 0.15) is 0 Å². The van der Waals surface area contributed by atoms with Crippen LogP contribution in [0.15, 0.2) is 0 Å². The zero-order chi connectivity index (χ0) is 15.3. The number of amides is 1. The zero-order valence-corrected chi connectivity index (χ0v) is 13.7. The number of rotatable bonds is 6. The molecule has 0 saturated carbocycles. The molecule has 1 rings (SSSR count). The van der Waals surface area contributed by atoms with E-state index < -0.39 is 9.84 Å². The van der Waals surface area contributed by atoms with Crippen molar-refractivity contribution in [2.75, 3.05) is 24.6 Å². The Balaban J connectivity index is 2.50. The summed E-state index contributed by atoms with van der Waals surface area (Å²) >= 11 is 0. The van der Waals surface area contributed by atoms with E-state index in [-0.39, 0.29) is 23.5 Å². The summed E-state index contributed by atoms with van der Waals surface area (Å²) in [6.45, 7) is 7.11. The molecule has 6 heteroatoms. The number of nitrogens with two attached hydrogens (primary N) is 1. The molecule has 2 atom stereocenters. The van der Waals surface area contributed by atoms with Crippen LogP contribution in [0.2, 0.25) is 0 Å². The van der Waals surface area contributed by atoms with Crippen LogP contribution in [0, 0.1) is 11.8 Å². The van der Waals surface area contributed by atoms with Gasteiger partial charge in [0, 0.05) is 19.0 Å². The van der Waals surface area contributed by atoms with Crippen LogP contribution in [0.25, 0.3) is 0 Å². The molecule has 0 bridgehead atoms. The summed E-state index contributed by atoms with van der Waals surface area (Å²) in [4.78, 5) is 14.0. The highest BCUT2D eigenvalue weighted by Gasteiger charge is 2.31. The van der Waals surface area contributed by atoms with Crippen molar-refractivity contribution < 1.29 is 13.2 Å². The quantitative estimate of drug-likeness (QED) is 0.795. The molecule has 1 heterocycles. The largest absolute Gasteiger partial charge is 0.338 e. The van der Waals surface area contributed by atoms with Crippen molar-refractivity contribution in [2.45, 2.75) is 46.1 Å². The average molecular weight is 304 g/mol. The van der Waals surface area contributed by atoms with Gasteiger partial charge >= 0.3 is 0 Å². The predicted octanol–water partition coefficient (Wildman–Crippen LogP) is 1.03. The average Bonchev–Trinajstić information content (AvgIpc) is 2.32. The van der Waals surface area contributed by atoms with E-state index in [1.54, 1.807) is 4.90 Å². The Morgan fingerprint density at radius 3 is 2.50 bits per heavy atom. The lowest BCUT2D eigenvalue weighted by atomic mass is 9.88. The highest BCUT2D eigenvalue weighted by Crippen LogP contribution is 2.22. The number of carbonyl (C=O) groups is 1. The lowest BCUT2D eigenvalue weighted by molar-refractivity contribution is -0.133. The van der Waals surface area contributed by atoms with Gasteiger partial charge in [-0.1, -0.05) is 13.8 Å². The van der Waals surface area contributed by atoms with Gasteiger partial charge in [0.05, 0.1) is 11.5 Å². The molecule has 0 aromatic carbocycles. The number of hydrogen-bond acceptors (Lipinski definition) is 4. The molecule has 2 N–H and O–H groups in total. The van der Waals surface area contributed by atoms with E-state index >= 15 is 0 Å². The fourth-order valence-electron chi connectivity index (χ4n) is 2.85. The fourth-order valence-corrected chi connectivity index (χ4v) is 4.40. The van der Waals surface area contributed by atoms with Crippen LogP contribution in [-0.2, 0) is 14.6 Å². The van der Waals surface area contributed by atoms with Crippen molar-refractivity contribution in [1.82, 2.24) is 4.90 Å². The van der Waals surface area contributed by atoms with Crippen molar-refractivity contribution in [1.29, 1.82) is 0 Å². The molecule has 20 heavy (non-hydrogen) atoms. The predicted molar refractivity (Wildman–Crippen MR) is 81.1 cm³/mol. The number of nitrogens with zero attached hydrogens (tertiary/aromatic N) is 1. The summed E-state index contributed by atoms with van der Waals surface area (Å²) in [5.74, 6) is 1.25. The van der Waals surface area contributed by atoms with Crippen LogP contribution in [0.1, 0.15) is 40.0 Å². The molecule has 1 aliphatic heterocycles. The number of sulfone groups is 1. The van der Waals surface area contributed by atoms with Gasteiger partial charge in [-0.25, -0.2) is 8.42 Å². The maximum Gasteiger partial charge on any atom is 0.222 e. The molecule has 2 unspecified atom stereocenters. The standard InChI is InChI=1S/C14H28N2O3S/c1-11(2)13(6-7-15)4-5-14(17)16-8-9-20(18,19)10-12(16)3/h11-13H,4-10,15H2,1-3H3. The molecule has 0 aromatic rings. The summed E-state index contributed by atoms with van der Waals surface area (Å²) in [7, 11) is -2.96. The first-order chi connectivity index (χ1) is 9.26. The van der Waals surface area contributed by atoms with E-state index in [9.17, 15) is 13.2 Å². The highest BCUT2D eigenvalue weighted by atomic mass is 32.2. The first-order valence-corrected chi connectivity index (χ1v) is 9.29. The maximum atomic E-state index is 12.3. The van der Waals surface area contributed by atoms with Crippen LogP contribution < -0.4 is 5.73 Å². The minimum absolute atomic E-state index is 0.0788. The third-order valence-corrected chi connectivity index (χ3v) is 5.99. The number of hydrogen-bond donors (Lipinski definition) is 1. The van der Waals surface area contributed by atoms with E-state index in [4.69, 9.17) is 5.73 Å². The molecule has 1 fully saturated rings. The molecular formula is C14H28N2O3S. The molecule has 1 saturated heterocycles. The first kappa shape index (κ1) is 17.4. The van der Waals surface area contributed by atoms with E-state index in [0.29, 0.717) is 31.3 Å². The molecular weight excluding hydrogens is 276 g/mol. The van der Waals surface area contributed by atoms with Crippen molar-refractivity contribution in [2.24, 2.45) is 17.6 Å². The van der Waals surface area contributed by atoms with Crippen molar-refractivity contribution in [3.05, 3.63) is 0 Å². The molecule has 1 aliphatic rings. The Hall–Kier alpha value is -0.620. The Morgan fingerprint density at radius 2 is 2.00 bits per heavy atom.